The third-order valence-corrected chi connectivity index (χ3v) is 3.77. The van der Waals surface area contributed by atoms with Crippen molar-refractivity contribution in [3.05, 3.63) is 34.3 Å². The maximum absolute atomic E-state index is 12.4. The molecule has 5 heteroatoms. The number of rotatable bonds is 2. The first-order valence-electron chi connectivity index (χ1n) is 6.48. The predicted molar refractivity (Wildman–Crippen MR) is 69.1 cm³/mol. The molecule has 2 aromatic rings. The monoisotopic (exact) mass is 261 g/mol. The lowest BCUT2D eigenvalue weighted by atomic mass is 9.82. The second kappa shape index (κ2) is 4.66. The highest BCUT2D eigenvalue weighted by atomic mass is 16.4. The molecule has 100 valence electrons. The first kappa shape index (κ1) is 12.2. The van der Waals surface area contributed by atoms with E-state index in [9.17, 15) is 14.7 Å². The molecule has 1 aromatic heterocycles. The van der Waals surface area contributed by atoms with Crippen LogP contribution in [0, 0.1) is 5.92 Å². The van der Waals surface area contributed by atoms with Crippen molar-refractivity contribution in [2.45, 2.75) is 31.8 Å². The summed E-state index contributed by atoms with van der Waals surface area (Å²) in [6.45, 7) is 0. The Kier molecular flexibility index (Phi) is 2.98. The third kappa shape index (κ3) is 2.33. The molecule has 0 aliphatic heterocycles. The number of carbonyl (C=O) groups is 1. The summed E-state index contributed by atoms with van der Waals surface area (Å²) in [4.78, 5) is 26.0. The quantitative estimate of drug-likeness (QED) is 0.808. The molecule has 0 saturated heterocycles. The number of benzene rings is 1. The van der Waals surface area contributed by atoms with Gasteiger partial charge in [-0.3, -0.25) is 9.78 Å². The SMILES string of the molecule is O=C(c1ccc2oc(=O)[nH]c2c1)C1CCC(O)CC1. The molecule has 0 atom stereocenters. The van der Waals surface area contributed by atoms with Gasteiger partial charge in [0.15, 0.2) is 11.4 Å². The molecule has 1 aliphatic rings. The van der Waals surface area contributed by atoms with Gasteiger partial charge in [0.25, 0.3) is 0 Å². The highest BCUT2D eigenvalue weighted by Gasteiger charge is 2.26. The number of nitrogens with one attached hydrogen (secondary N) is 1. The highest BCUT2D eigenvalue weighted by molar-refractivity contribution is 6.00. The molecule has 3 rings (SSSR count). The fourth-order valence-electron chi connectivity index (χ4n) is 2.68. The van der Waals surface area contributed by atoms with E-state index in [2.05, 4.69) is 4.98 Å². The predicted octanol–water partition coefficient (Wildman–Crippen LogP) is 1.85. The van der Waals surface area contributed by atoms with Gasteiger partial charge in [-0.2, -0.15) is 0 Å². The van der Waals surface area contributed by atoms with Gasteiger partial charge < -0.3 is 9.52 Å². The van der Waals surface area contributed by atoms with Crippen LogP contribution in [0.4, 0.5) is 0 Å². The Bertz CT molecular complexity index is 661. The number of Topliss-reactive ketones (excluding diaryl/α,β-unsaturated/α-hetero) is 1. The van der Waals surface area contributed by atoms with Crippen LogP contribution in [0.15, 0.2) is 27.4 Å². The molecule has 1 aromatic carbocycles. The number of aromatic amines is 1. The van der Waals surface area contributed by atoms with Crippen LogP contribution in [0.25, 0.3) is 11.1 Å². The molecule has 0 spiro atoms. The molecule has 1 aliphatic carbocycles. The summed E-state index contributed by atoms with van der Waals surface area (Å²) < 4.78 is 4.91. The van der Waals surface area contributed by atoms with E-state index in [0.717, 1.165) is 12.8 Å². The van der Waals surface area contributed by atoms with Crippen LogP contribution in [-0.2, 0) is 0 Å². The van der Waals surface area contributed by atoms with Crippen LogP contribution in [0.5, 0.6) is 0 Å². The van der Waals surface area contributed by atoms with Crippen molar-refractivity contribution in [1.82, 2.24) is 4.98 Å². The molecule has 0 unspecified atom stereocenters. The summed E-state index contributed by atoms with van der Waals surface area (Å²) in [5.74, 6) is -0.462. The van der Waals surface area contributed by atoms with E-state index in [0.29, 0.717) is 29.5 Å². The minimum absolute atomic E-state index is 0.0283. The summed E-state index contributed by atoms with van der Waals surface area (Å²) in [6, 6.07) is 4.98. The number of carbonyl (C=O) groups excluding carboxylic acids is 1. The molecule has 1 saturated carbocycles. The molecular formula is C14H15NO4. The van der Waals surface area contributed by atoms with Crippen LogP contribution >= 0.6 is 0 Å². The Hall–Kier alpha value is -1.88. The first-order valence-corrected chi connectivity index (χ1v) is 6.48. The number of hydrogen-bond acceptors (Lipinski definition) is 4. The lowest BCUT2D eigenvalue weighted by molar-refractivity contribution is 0.0764. The van der Waals surface area contributed by atoms with E-state index < -0.39 is 5.76 Å². The van der Waals surface area contributed by atoms with Crippen molar-refractivity contribution < 1.29 is 14.3 Å². The third-order valence-electron chi connectivity index (χ3n) is 3.77. The molecule has 19 heavy (non-hydrogen) atoms. The lowest BCUT2D eigenvalue weighted by Gasteiger charge is -2.24. The van der Waals surface area contributed by atoms with Gasteiger partial charge in [-0.1, -0.05) is 0 Å². The summed E-state index contributed by atoms with van der Waals surface area (Å²) >= 11 is 0. The van der Waals surface area contributed by atoms with E-state index in [4.69, 9.17) is 4.42 Å². The summed E-state index contributed by atoms with van der Waals surface area (Å²) in [5, 5.41) is 9.46. The largest absolute Gasteiger partial charge is 0.417 e. The maximum atomic E-state index is 12.4. The smallest absolute Gasteiger partial charge is 0.408 e. The summed E-state index contributed by atoms with van der Waals surface area (Å²) in [6.07, 6.45) is 2.54. The van der Waals surface area contributed by atoms with Gasteiger partial charge in [0.05, 0.1) is 11.6 Å². The zero-order valence-electron chi connectivity index (χ0n) is 10.4. The Morgan fingerprint density at radius 1 is 1.26 bits per heavy atom. The normalized spacial score (nSPS) is 23.6. The van der Waals surface area contributed by atoms with E-state index in [1.165, 1.54) is 0 Å². The number of fused-ring (bicyclic) bond motifs is 1. The van der Waals surface area contributed by atoms with Gasteiger partial charge >= 0.3 is 5.76 Å². The van der Waals surface area contributed by atoms with Crippen LogP contribution < -0.4 is 5.76 Å². The van der Waals surface area contributed by atoms with Gasteiger partial charge in [-0.15, -0.1) is 0 Å². The number of aromatic nitrogens is 1. The first-order chi connectivity index (χ1) is 9.13. The van der Waals surface area contributed by atoms with Crippen molar-refractivity contribution >= 4 is 16.9 Å². The minimum atomic E-state index is -0.514. The second-order valence-electron chi connectivity index (χ2n) is 5.10. The zero-order valence-corrected chi connectivity index (χ0v) is 10.4. The van der Waals surface area contributed by atoms with Crippen molar-refractivity contribution in [2.75, 3.05) is 0 Å². The average molecular weight is 261 g/mol. The Labute approximate surface area is 109 Å². The van der Waals surface area contributed by atoms with Crippen molar-refractivity contribution in [1.29, 1.82) is 0 Å². The molecule has 1 heterocycles. The fraction of sp³-hybridized carbons (Fsp3) is 0.429. The van der Waals surface area contributed by atoms with Crippen molar-refractivity contribution in [3.8, 4) is 0 Å². The number of H-pyrrole nitrogens is 1. The van der Waals surface area contributed by atoms with Crippen LogP contribution in [-0.4, -0.2) is 22.0 Å². The zero-order chi connectivity index (χ0) is 13.4. The van der Waals surface area contributed by atoms with E-state index in [-0.39, 0.29) is 17.8 Å². The molecule has 2 N–H and O–H groups in total. The van der Waals surface area contributed by atoms with Crippen LogP contribution in [0.2, 0.25) is 0 Å². The van der Waals surface area contributed by atoms with Gasteiger partial charge in [0.2, 0.25) is 0 Å². The van der Waals surface area contributed by atoms with E-state index in [1.54, 1.807) is 18.2 Å². The Morgan fingerprint density at radius 3 is 2.74 bits per heavy atom. The molecule has 0 radical (unpaired) electrons. The van der Waals surface area contributed by atoms with Crippen LogP contribution in [0.1, 0.15) is 36.0 Å². The maximum Gasteiger partial charge on any atom is 0.417 e. The van der Waals surface area contributed by atoms with Gasteiger partial charge in [0.1, 0.15) is 0 Å². The Balaban J connectivity index is 1.86. The van der Waals surface area contributed by atoms with Crippen molar-refractivity contribution in [3.63, 3.8) is 0 Å². The standard InChI is InChI=1S/C14H15NO4/c16-10-4-1-8(2-5-10)13(17)9-3-6-12-11(7-9)15-14(18)19-12/h3,6-8,10,16H,1-2,4-5H2,(H,15,18). The topological polar surface area (TPSA) is 83.3 Å². The lowest BCUT2D eigenvalue weighted by Crippen LogP contribution is -2.24. The minimum Gasteiger partial charge on any atom is -0.408 e. The number of hydrogen-bond donors (Lipinski definition) is 2. The second-order valence-corrected chi connectivity index (χ2v) is 5.10. The Morgan fingerprint density at radius 2 is 2.00 bits per heavy atom. The van der Waals surface area contributed by atoms with Crippen molar-refractivity contribution in [2.24, 2.45) is 5.92 Å². The number of aliphatic hydroxyl groups is 1. The number of ketones is 1. The molecule has 1 fully saturated rings. The molecule has 0 amide bonds. The van der Waals surface area contributed by atoms with Gasteiger partial charge in [0, 0.05) is 11.5 Å². The summed E-state index contributed by atoms with van der Waals surface area (Å²) in [7, 11) is 0. The molecule has 0 bridgehead atoms. The van der Waals surface area contributed by atoms with E-state index in [1.807, 2.05) is 0 Å². The number of oxazole rings is 1. The van der Waals surface area contributed by atoms with Gasteiger partial charge in [-0.05, 0) is 43.9 Å². The van der Waals surface area contributed by atoms with Crippen LogP contribution in [0.3, 0.4) is 0 Å². The van der Waals surface area contributed by atoms with E-state index >= 15 is 0 Å². The van der Waals surface area contributed by atoms with Gasteiger partial charge in [-0.25, -0.2) is 4.79 Å². The fourth-order valence-corrected chi connectivity index (χ4v) is 2.68. The number of aliphatic hydroxyl groups excluding tert-OH is 1. The molecule has 5 nitrogen and oxygen atoms in total. The molecular weight excluding hydrogens is 246 g/mol. The average Bonchev–Trinajstić information content (AvgIpc) is 2.77. The highest BCUT2D eigenvalue weighted by Crippen LogP contribution is 2.28. The summed E-state index contributed by atoms with van der Waals surface area (Å²) in [5.41, 5.74) is 1.60.